The van der Waals surface area contributed by atoms with Gasteiger partial charge in [-0.1, -0.05) is 41.6 Å². The summed E-state index contributed by atoms with van der Waals surface area (Å²) in [6.07, 6.45) is 0.354. The summed E-state index contributed by atoms with van der Waals surface area (Å²) >= 11 is 0. The number of aryl methyl sites for hydroxylation is 1. The maximum Gasteiger partial charge on any atom is 0.337 e. The summed E-state index contributed by atoms with van der Waals surface area (Å²) in [6, 6.07) is 15.5. The third kappa shape index (κ3) is 4.58. The number of esters is 1. The smallest absolute Gasteiger partial charge is 0.337 e. The number of ether oxygens (including phenoxy) is 1. The van der Waals surface area contributed by atoms with Gasteiger partial charge >= 0.3 is 5.97 Å². The fourth-order valence-corrected chi connectivity index (χ4v) is 2.68. The van der Waals surface area contributed by atoms with E-state index >= 15 is 0 Å². The van der Waals surface area contributed by atoms with Gasteiger partial charge in [-0.15, -0.1) is 0 Å². The van der Waals surface area contributed by atoms with E-state index in [0.717, 1.165) is 5.56 Å². The molecule has 3 aromatic rings. The van der Waals surface area contributed by atoms with Crippen LogP contribution in [0.3, 0.4) is 0 Å². The van der Waals surface area contributed by atoms with Crippen LogP contribution in [0.5, 0.6) is 0 Å². The fourth-order valence-electron chi connectivity index (χ4n) is 2.68. The second-order valence-electron chi connectivity index (χ2n) is 5.95. The maximum absolute atomic E-state index is 12.8. The summed E-state index contributed by atoms with van der Waals surface area (Å²) in [6.45, 7) is 1.74. The standard InChI is InChI=1S/C20H19N3O4/c1-13-21-18(27-23-13)12-17(14-7-4-3-5-8-14)22-19(24)15-9-6-10-16(11-15)20(25)26-2/h3-11,17H,12H2,1-2H3,(H,22,24)/t17-/m0/s1. The quantitative estimate of drug-likeness (QED) is 0.675. The Bertz CT molecular complexity index is 937. The van der Waals surface area contributed by atoms with Crippen LogP contribution in [0.15, 0.2) is 59.1 Å². The monoisotopic (exact) mass is 365 g/mol. The molecule has 138 valence electrons. The molecule has 0 fully saturated rings. The number of benzene rings is 2. The Balaban J connectivity index is 1.83. The summed E-state index contributed by atoms with van der Waals surface area (Å²) in [5.74, 6) is 0.162. The predicted octanol–water partition coefficient (Wildman–Crippen LogP) is 2.88. The molecule has 7 heteroatoms. The number of amides is 1. The highest BCUT2D eigenvalue weighted by atomic mass is 16.5. The summed E-state index contributed by atoms with van der Waals surface area (Å²) in [7, 11) is 1.30. The lowest BCUT2D eigenvalue weighted by molar-refractivity contribution is 0.0600. The molecule has 0 aliphatic rings. The van der Waals surface area contributed by atoms with E-state index in [9.17, 15) is 9.59 Å². The van der Waals surface area contributed by atoms with Crippen LogP contribution in [-0.2, 0) is 11.2 Å². The van der Waals surface area contributed by atoms with Crippen molar-refractivity contribution in [2.24, 2.45) is 0 Å². The van der Waals surface area contributed by atoms with Crippen molar-refractivity contribution in [1.29, 1.82) is 0 Å². The normalized spacial score (nSPS) is 11.6. The summed E-state index contributed by atoms with van der Waals surface area (Å²) < 4.78 is 9.90. The molecule has 0 spiro atoms. The minimum Gasteiger partial charge on any atom is -0.465 e. The van der Waals surface area contributed by atoms with Crippen LogP contribution in [-0.4, -0.2) is 29.1 Å². The molecule has 1 atom stereocenters. The van der Waals surface area contributed by atoms with Gasteiger partial charge < -0.3 is 14.6 Å². The molecule has 0 aliphatic carbocycles. The number of hydrogen-bond acceptors (Lipinski definition) is 6. The van der Waals surface area contributed by atoms with E-state index in [4.69, 9.17) is 9.26 Å². The van der Waals surface area contributed by atoms with E-state index in [1.165, 1.54) is 13.2 Å². The van der Waals surface area contributed by atoms with Crippen molar-refractivity contribution in [2.45, 2.75) is 19.4 Å². The molecule has 1 heterocycles. The molecular weight excluding hydrogens is 346 g/mol. The Kier molecular flexibility index (Phi) is 5.61. The third-order valence-corrected chi connectivity index (χ3v) is 4.00. The number of hydrogen-bond donors (Lipinski definition) is 1. The summed E-state index contributed by atoms with van der Waals surface area (Å²) in [5, 5.41) is 6.76. The number of carbonyl (C=O) groups is 2. The third-order valence-electron chi connectivity index (χ3n) is 4.00. The second kappa shape index (κ2) is 8.27. The minimum absolute atomic E-state index is 0.314. The molecule has 2 aromatic carbocycles. The Hall–Kier alpha value is -3.48. The summed E-state index contributed by atoms with van der Waals surface area (Å²) in [5.41, 5.74) is 1.58. The van der Waals surface area contributed by atoms with Gasteiger partial charge in [-0.25, -0.2) is 4.79 Å². The Morgan fingerprint density at radius 3 is 2.52 bits per heavy atom. The van der Waals surface area contributed by atoms with Crippen molar-refractivity contribution >= 4 is 11.9 Å². The highest BCUT2D eigenvalue weighted by Gasteiger charge is 2.20. The highest BCUT2D eigenvalue weighted by Crippen LogP contribution is 2.19. The molecule has 1 amide bonds. The Morgan fingerprint density at radius 2 is 1.85 bits per heavy atom. The van der Waals surface area contributed by atoms with Crippen molar-refractivity contribution in [3.63, 3.8) is 0 Å². The first-order valence-electron chi connectivity index (χ1n) is 8.40. The Morgan fingerprint density at radius 1 is 1.11 bits per heavy atom. The number of aromatic nitrogens is 2. The summed E-state index contributed by atoms with van der Waals surface area (Å²) in [4.78, 5) is 28.7. The van der Waals surface area contributed by atoms with Crippen molar-refractivity contribution in [1.82, 2.24) is 15.5 Å². The molecule has 3 rings (SSSR count). The van der Waals surface area contributed by atoms with Crippen molar-refractivity contribution in [3.05, 3.63) is 83.0 Å². The van der Waals surface area contributed by atoms with Gasteiger partial charge in [-0.05, 0) is 30.7 Å². The van der Waals surface area contributed by atoms with Gasteiger partial charge in [-0.2, -0.15) is 4.98 Å². The van der Waals surface area contributed by atoms with Crippen LogP contribution in [0.2, 0.25) is 0 Å². The molecule has 0 bridgehead atoms. The van der Waals surface area contributed by atoms with Crippen molar-refractivity contribution in [3.8, 4) is 0 Å². The van der Waals surface area contributed by atoms with E-state index in [2.05, 4.69) is 15.5 Å². The lowest BCUT2D eigenvalue weighted by Crippen LogP contribution is -2.30. The lowest BCUT2D eigenvalue weighted by Gasteiger charge is -2.18. The number of methoxy groups -OCH3 is 1. The van der Waals surface area contributed by atoms with Crippen LogP contribution < -0.4 is 5.32 Å². The second-order valence-corrected chi connectivity index (χ2v) is 5.95. The molecule has 0 unspecified atom stereocenters. The van der Waals surface area contributed by atoms with Crippen LogP contribution >= 0.6 is 0 Å². The van der Waals surface area contributed by atoms with Gasteiger partial charge in [0.1, 0.15) is 0 Å². The number of nitrogens with one attached hydrogen (secondary N) is 1. The molecule has 0 saturated carbocycles. The van der Waals surface area contributed by atoms with Gasteiger partial charge in [0.2, 0.25) is 5.89 Å². The van der Waals surface area contributed by atoms with Crippen LogP contribution in [0.25, 0.3) is 0 Å². The first-order chi connectivity index (χ1) is 13.1. The first-order valence-corrected chi connectivity index (χ1v) is 8.40. The van der Waals surface area contributed by atoms with Gasteiger partial charge in [0.25, 0.3) is 5.91 Å². The molecule has 27 heavy (non-hydrogen) atoms. The maximum atomic E-state index is 12.8. The molecule has 0 radical (unpaired) electrons. The molecular formula is C20H19N3O4. The van der Waals surface area contributed by atoms with Crippen LogP contribution in [0.1, 0.15) is 44.0 Å². The largest absolute Gasteiger partial charge is 0.465 e. The first kappa shape index (κ1) is 18.3. The van der Waals surface area contributed by atoms with E-state index < -0.39 is 5.97 Å². The van der Waals surface area contributed by atoms with E-state index in [1.54, 1.807) is 25.1 Å². The van der Waals surface area contributed by atoms with Crippen molar-refractivity contribution < 1.29 is 18.8 Å². The van der Waals surface area contributed by atoms with Gasteiger partial charge in [0.15, 0.2) is 5.82 Å². The topological polar surface area (TPSA) is 94.3 Å². The SMILES string of the molecule is COC(=O)c1cccc(C(=O)N[C@@H](Cc2nc(C)no2)c2ccccc2)c1. The van der Waals surface area contributed by atoms with Crippen LogP contribution in [0.4, 0.5) is 0 Å². The Labute approximate surface area is 156 Å². The fraction of sp³-hybridized carbons (Fsp3) is 0.200. The molecule has 1 N–H and O–H groups in total. The molecule has 0 saturated heterocycles. The lowest BCUT2D eigenvalue weighted by atomic mass is 10.0. The van der Waals surface area contributed by atoms with E-state index in [0.29, 0.717) is 29.3 Å². The van der Waals surface area contributed by atoms with Gasteiger partial charge in [0.05, 0.1) is 25.1 Å². The van der Waals surface area contributed by atoms with Gasteiger partial charge in [0, 0.05) is 5.56 Å². The average Bonchev–Trinajstić information content (AvgIpc) is 3.12. The molecule has 0 aliphatic heterocycles. The molecule has 1 aromatic heterocycles. The highest BCUT2D eigenvalue weighted by molar-refractivity contribution is 5.98. The van der Waals surface area contributed by atoms with Gasteiger partial charge in [-0.3, -0.25) is 4.79 Å². The number of carbonyl (C=O) groups excluding carboxylic acids is 2. The average molecular weight is 365 g/mol. The zero-order valence-corrected chi connectivity index (χ0v) is 15.0. The van der Waals surface area contributed by atoms with E-state index in [-0.39, 0.29) is 11.9 Å². The predicted molar refractivity (Wildman–Crippen MR) is 97.2 cm³/mol. The number of nitrogens with zero attached hydrogens (tertiary/aromatic N) is 2. The minimum atomic E-state index is -0.495. The van der Waals surface area contributed by atoms with Crippen molar-refractivity contribution in [2.75, 3.05) is 7.11 Å². The zero-order valence-electron chi connectivity index (χ0n) is 15.0. The van der Waals surface area contributed by atoms with Crippen LogP contribution in [0, 0.1) is 6.92 Å². The molecule has 7 nitrogen and oxygen atoms in total. The van der Waals surface area contributed by atoms with E-state index in [1.807, 2.05) is 30.3 Å². The zero-order chi connectivity index (χ0) is 19.2. The number of rotatable bonds is 6.